The number of aromatic nitrogens is 2. The first kappa shape index (κ1) is 10.3. The summed E-state index contributed by atoms with van der Waals surface area (Å²) in [4.78, 5) is 9.42. The van der Waals surface area contributed by atoms with Crippen molar-refractivity contribution in [1.29, 1.82) is 0 Å². The Labute approximate surface area is 103 Å². The molecule has 16 heavy (non-hydrogen) atoms. The maximum Gasteiger partial charge on any atom is 0.225 e. The predicted molar refractivity (Wildman–Crippen MR) is 68.2 cm³/mol. The Bertz CT molecular complexity index is 521. The van der Waals surface area contributed by atoms with Gasteiger partial charge in [0.15, 0.2) is 0 Å². The zero-order chi connectivity index (χ0) is 11.1. The molecule has 2 aromatic heterocycles. The topological polar surface area (TPSA) is 37.8 Å². The van der Waals surface area contributed by atoms with Gasteiger partial charge in [-0.3, -0.25) is 0 Å². The van der Waals surface area contributed by atoms with Crippen molar-refractivity contribution in [2.75, 3.05) is 5.32 Å². The summed E-state index contributed by atoms with van der Waals surface area (Å²) in [6.07, 6.45) is 2.64. The van der Waals surface area contributed by atoms with E-state index in [-0.39, 0.29) is 0 Å². The molecule has 0 bridgehead atoms. The van der Waals surface area contributed by atoms with Gasteiger partial charge in [-0.05, 0) is 48.7 Å². The molecule has 1 aliphatic carbocycles. The molecule has 0 spiro atoms. The number of anilines is 1. The number of hydrogen-bond acceptors (Lipinski definition) is 4. The van der Waals surface area contributed by atoms with Gasteiger partial charge in [-0.1, -0.05) is 0 Å². The van der Waals surface area contributed by atoms with Crippen molar-refractivity contribution in [3.05, 3.63) is 16.7 Å². The molecule has 3 rings (SSSR count). The number of fused-ring (bicyclic) bond motifs is 1. The van der Waals surface area contributed by atoms with Gasteiger partial charge in [0, 0.05) is 6.04 Å². The molecule has 5 heteroatoms. The second kappa shape index (κ2) is 3.86. The molecule has 1 atom stereocenters. The molecule has 1 saturated carbocycles. The highest BCUT2D eigenvalue weighted by Crippen LogP contribution is 2.35. The molecule has 0 radical (unpaired) electrons. The lowest BCUT2D eigenvalue weighted by atomic mass is 10.2. The van der Waals surface area contributed by atoms with E-state index >= 15 is 0 Å². The van der Waals surface area contributed by atoms with E-state index in [0.717, 1.165) is 22.0 Å². The van der Waals surface area contributed by atoms with Gasteiger partial charge in [0.1, 0.15) is 10.6 Å². The van der Waals surface area contributed by atoms with Gasteiger partial charge >= 0.3 is 0 Å². The fourth-order valence-corrected chi connectivity index (χ4v) is 2.85. The molecular weight excluding hydrogens is 242 g/mol. The fraction of sp³-hybridized carbons (Fsp3) is 0.455. The largest absolute Gasteiger partial charge is 0.367 e. The Morgan fingerprint density at radius 2 is 2.31 bits per heavy atom. The van der Waals surface area contributed by atoms with Crippen LogP contribution >= 0.6 is 22.9 Å². The first-order chi connectivity index (χ1) is 7.74. The highest BCUT2D eigenvalue weighted by atomic mass is 35.5. The third kappa shape index (κ3) is 1.87. The minimum atomic E-state index is 0.320. The molecule has 1 fully saturated rings. The average molecular weight is 254 g/mol. The van der Waals surface area contributed by atoms with Crippen molar-refractivity contribution in [2.24, 2.45) is 5.92 Å². The van der Waals surface area contributed by atoms with Gasteiger partial charge in [0.25, 0.3) is 0 Å². The minimum Gasteiger partial charge on any atom is -0.367 e. The van der Waals surface area contributed by atoms with Crippen LogP contribution in [0.15, 0.2) is 11.4 Å². The molecule has 1 unspecified atom stereocenters. The van der Waals surface area contributed by atoms with Crippen LogP contribution < -0.4 is 5.32 Å². The van der Waals surface area contributed by atoms with Crippen LogP contribution in [0.4, 0.5) is 5.82 Å². The second-order valence-corrected chi connectivity index (χ2v) is 5.48. The highest BCUT2D eigenvalue weighted by Gasteiger charge is 2.28. The van der Waals surface area contributed by atoms with Crippen LogP contribution in [0.5, 0.6) is 0 Å². The first-order valence-corrected chi connectivity index (χ1v) is 6.67. The van der Waals surface area contributed by atoms with Crippen LogP contribution in [0.1, 0.15) is 19.8 Å². The van der Waals surface area contributed by atoms with Gasteiger partial charge in [0.05, 0.1) is 5.39 Å². The Morgan fingerprint density at radius 3 is 3.06 bits per heavy atom. The molecule has 1 aliphatic rings. The van der Waals surface area contributed by atoms with E-state index in [9.17, 15) is 0 Å². The molecule has 2 heterocycles. The average Bonchev–Trinajstić information content (AvgIpc) is 2.98. The van der Waals surface area contributed by atoms with Crippen LogP contribution in [0, 0.1) is 5.92 Å². The van der Waals surface area contributed by atoms with E-state index in [4.69, 9.17) is 11.6 Å². The number of nitrogens with one attached hydrogen (secondary N) is 1. The molecule has 2 aromatic rings. The molecule has 1 N–H and O–H groups in total. The van der Waals surface area contributed by atoms with E-state index in [0.29, 0.717) is 11.3 Å². The third-order valence-corrected chi connectivity index (χ3v) is 3.97. The monoisotopic (exact) mass is 253 g/mol. The lowest BCUT2D eigenvalue weighted by molar-refractivity contribution is 0.691. The lowest BCUT2D eigenvalue weighted by Crippen LogP contribution is -2.18. The minimum absolute atomic E-state index is 0.320. The van der Waals surface area contributed by atoms with Gasteiger partial charge in [-0.15, -0.1) is 11.3 Å². The van der Waals surface area contributed by atoms with E-state index < -0.39 is 0 Å². The highest BCUT2D eigenvalue weighted by molar-refractivity contribution is 7.16. The van der Waals surface area contributed by atoms with Crippen molar-refractivity contribution in [2.45, 2.75) is 25.8 Å². The zero-order valence-electron chi connectivity index (χ0n) is 8.90. The Morgan fingerprint density at radius 1 is 1.50 bits per heavy atom. The fourth-order valence-electron chi connectivity index (χ4n) is 1.87. The standard InChI is InChI=1S/C11H12ClN3S/c1-6(7-2-3-7)13-9-8-4-5-16-10(8)15-11(12)14-9/h4-7H,2-3H2,1H3,(H,13,14,15). The number of hydrogen-bond donors (Lipinski definition) is 1. The Hall–Kier alpha value is -0.870. The molecule has 0 saturated heterocycles. The Balaban J connectivity index is 1.97. The summed E-state index contributed by atoms with van der Waals surface area (Å²) in [5.74, 6) is 1.66. The molecular formula is C11H12ClN3S. The summed E-state index contributed by atoms with van der Waals surface area (Å²) >= 11 is 7.50. The lowest BCUT2D eigenvalue weighted by Gasteiger charge is -2.14. The van der Waals surface area contributed by atoms with Crippen molar-refractivity contribution >= 4 is 39.0 Å². The zero-order valence-corrected chi connectivity index (χ0v) is 10.5. The summed E-state index contributed by atoms with van der Waals surface area (Å²) in [5, 5.41) is 6.85. The predicted octanol–water partition coefficient (Wildman–Crippen LogP) is 3.56. The van der Waals surface area contributed by atoms with E-state index in [1.807, 2.05) is 11.4 Å². The van der Waals surface area contributed by atoms with Crippen LogP contribution in [0.25, 0.3) is 10.2 Å². The molecule has 84 valence electrons. The van der Waals surface area contributed by atoms with Gasteiger partial charge in [0.2, 0.25) is 5.28 Å². The van der Waals surface area contributed by atoms with E-state index in [2.05, 4.69) is 22.2 Å². The summed E-state index contributed by atoms with van der Waals surface area (Å²) in [5.41, 5.74) is 0. The third-order valence-electron chi connectivity index (χ3n) is 2.99. The first-order valence-electron chi connectivity index (χ1n) is 5.41. The van der Waals surface area contributed by atoms with Crippen LogP contribution in [0.3, 0.4) is 0 Å². The SMILES string of the molecule is CC(Nc1nc(Cl)nc2sccc12)C1CC1. The summed E-state index contributed by atoms with van der Waals surface area (Å²) in [7, 11) is 0. The quantitative estimate of drug-likeness (QED) is 0.850. The Kier molecular flexibility index (Phi) is 2.48. The second-order valence-electron chi connectivity index (χ2n) is 4.25. The van der Waals surface area contributed by atoms with Crippen LogP contribution in [-0.2, 0) is 0 Å². The normalized spacial score (nSPS) is 17.6. The smallest absolute Gasteiger partial charge is 0.225 e. The van der Waals surface area contributed by atoms with Gasteiger partial charge in [-0.2, -0.15) is 0 Å². The van der Waals surface area contributed by atoms with Crippen LogP contribution in [0.2, 0.25) is 5.28 Å². The van der Waals surface area contributed by atoms with Crippen LogP contribution in [-0.4, -0.2) is 16.0 Å². The van der Waals surface area contributed by atoms with E-state index in [1.54, 1.807) is 11.3 Å². The summed E-state index contributed by atoms with van der Waals surface area (Å²) in [6, 6.07) is 2.51. The van der Waals surface area contributed by atoms with Crippen molar-refractivity contribution in [1.82, 2.24) is 9.97 Å². The molecule has 0 aliphatic heterocycles. The summed E-state index contributed by atoms with van der Waals surface area (Å²) < 4.78 is 0. The number of halogens is 1. The molecule has 3 nitrogen and oxygen atoms in total. The maximum absolute atomic E-state index is 5.90. The molecule has 0 amide bonds. The number of thiophene rings is 1. The van der Waals surface area contributed by atoms with Crippen molar-refractivity contribution in [3.8, 4) is 0 Å². The number of nitrogens with zero attached hydrogens (tertiary/aromatic N) is 2. The number of rotatable bonds is 3. The summed E-state index contributed by atoms with van der Waals surface area (Å²) in [6.45, 7) is 2.20. The molecule has 0 aromatic carbocycles. The van der Waals surface area contributed by atoms with Gasteiger partial charge < -0.3 is 5.32 Å². The van der Waals surface area contributed by atoms with Crippen molar-refractivity contribution in [3.63, 3.8) is 0 Å². The van der Waals surface area contributed by atoms with E-state index in [1.165, 1.54) is 12.8 Å². The maximum atomic E-state index is 5.90. The van der Waals surface area contributed by atoms with Crippen molar-refractivity contribution < 1.29 is 0 Å². The van der Waals surface area contributed by atoms with Gasteiger partial charge in [-0.25, -0.2) is 9.97 Å².